The third kappa shape index (κ3) is 5.77. The molecular weight excluding hydrogens is 444 g/mol. The number of Topliss-reactive ketones (excluding diaryl/α,β-unsaturated/α-hetero) is 1. The van der Waals surface area contributed by atoms with Gasteiger partial charge in [-0.15, -0.1) is 11.3 Å². The fourth-order valence-electron chi connectivity index (χ4n) is 4.54. The van der Waals surface area contributed by atoms with Crippen molar-refractivity contribution >= 4 is 34.6 Å². The van der Waals surface area contributed by atoms with Crippen LogP contribution in [0, 0.1) is 0 Å². The lowest BCUT2D eigenvalue weighted by Crippen LogP contribution is -2.47. The van der Waals surface area contributed by atoms with Gasteiger partial charge in [-0.1, -0.05) is 23.7 Å². The minimum Gasteiger partial charge on any atom is -0.366 e. The Morgan fingerprint density at radius 2 is 1.69 bits per heavy atom. The van der Waals surface area contributed by atoms with Crippen LogP contribution in [0.2, 0.25) is 5.02 Å². The number of amides is 1. The Bertz CT molecular complexity index is 967. The van der Waals surface area contributed by atoms with Crippen molar-refractivity contribution in [2.75, 3.05) is 52.9 Å². The number of hydrogen-bond donors (Lipinski definition) is 1. The first-order valence-electron chi connectivity index (χ1n) is 11.2. The predicted molar refractivity (Wildman–Crippen MR) is 130 cm³/mol. The van der Waals surface area contributed by atoms with Gasteiger partial charge in [0.2, 0.25) is 5.91 Å². The third-order valence-corrected chi connectivity index (χ3v) is 7.92. The molecule has 6 nitrogen and oxygen atoms in total. The van der Waals surface area contributed by atoms with Crippen LogP contribution in [-0.2, 0) is 30.6 Å². The van der Waals surface area contributed by atoms with Crippen LogP contribution in [-0.4, -0.2) is 79.3 Å². The average molecular weight is 475 g/mol. The van der Waals surface area contributed by atoms with Crippen molar-refractivity contribution in [1.82, 2.24) is 14.7 Å². The third-order valence-electron chi connectivity index (χ3n) is 6.46. The number of thiophene rings is 1. The Morgan fingerprint density at radius 3 is 2.38 bits per heavy atom. The van der Waals surface area contributed by atoms with Crippen molar-refractivity contribution in [2.45, 2.75) is 25.8 Å². The maximum absolute atomic E-state index is 12.7. The molecule has 1 amide bonds. The van der Waals surface area contributed by atoms with Crippen molar-refractivity contribution in [2.24, 2.45) is 5.73 Å². The summed E-state index contributed by atoms with van der Waals surface area (Å²) in [4.78, 5) is 34.3. The molecule has 1 fully saturated rings. The molecular formula is C24H31ClN4O2S. The number of ketones is 1. The van der Waals surface area contributed by atoms with Crippen LogP contribution < -0.4 is 5.73 Å². The van der Waals surface area contributed by atoms with Crippen molar-refractivity contribution < 1.29 is 9.59 Å². The van der Waals surface area contributed by atoms with E-state index in [9.17, 15) is 9.59 Å². The number of carbonyl (C=O) groups is 2. The van der Waals surface area contributed by atoms with Gasteiger partial charge in [0.1, 0.15) is 5.78 Å². The van der Waals surface area contributed by atoms with E-state index < -0.39 is 5.91 Å². The molecule has 0 radical (unpaired) electrons. The van der Waals surface area contributed by atoms with Crippen LogP contribution in [0.15, 0.2) is 24.3 Å². The number of benzene rings is 1. The van der Waals surface area contributed by atoms with Crippen LogP contribution in [0.4, 0.5) is 0 Å². The SMILES string of the molecule is CN1CCN(CCN2CCc3c(sc(CC(=O)Cc4ccc(Cl)cc4)c3C(N)=O)C2)CC1. The number of primary amides is 1. The van der Waals surface area contributed by atoms with Crippen molar-refractivity contribution in [1.29, 1.82) is 0 Å². The van der Waals surface area contributed by atoms with Gasteiger partial charge in [0.25, 0.3) is 0 Å². The van der Waals surface area contributed by atoms with E-state index in [0.29, 0.717) is 17.0 Å². The van der Waals surface area contributed by atoms with E-state index in [1.54, 1.807) is 23.5 Å². The minimum atomic E-state index is -0.414. The number of carbonyl (C=O) groups excluding carboxylic acids is 2. The Labute approximate surface area is 198 Å². The highest BCUT2D eigenvalue weighted by molar-refractivity contribution is 7.12. The van der Waals surface area contributed by atoms with Gasteiger partial charge in [-0.2, -0.15) is 0 Å². The standard InChI is InChI=1S/C24H31ClN4O2S/c1-27-8-10-28(11-9-27)12-13-29-7-6-20-22(16-29)32-21(23(20)24(26)31)15-19(30)14-17-2-4-18(25)5-3-17/h2-5H,6-16H2,1H3,(H2,26,31). The molecule has 4 rings (SSSR count). The lowest BCUT2D eigenvalue weighted by molar-refractivity contribution is -0.117. The Morgan fingerprint density at radius 1 is 1.00 bits per heavy atom. The zero-order chi connectivity index (χ0) is 22.7. The number of halogens is 1. The molecule has 172 valence electrons. The summed E-state index contributed by atoms with van der Waals surface area (Å²) in [6, 6.07) is 7.32. The van der Waals surface area contributed by atoms with Gasteiger partial charge in [0.15, 0.2) is 0 Å². The number of nitrogens with zero attached hydrogens (tertiary/aromatic N) is 3. The molecule has 1 aromatic heterocycles. The highest BCUT2D eigenvalue weighted by Crippen LogP contribution is 2.33. The second-order valence-electron chi connectivity index (χ2n) is 8.86. The smallest absolute Gasteiger partial charge is 0.250 e. The molecule has 1 saturated heterocycles. The van der Waals surface area contributed by atoms with Crippen molar-refractivity contribution in [3.63, 3.8) is 0 Å². The van der Waals surface area contributed by atoms with E-state index in [4.69, 9.17) is 17.3 Å². The summed E-state index contributed by atoms with van der Waals surface area (Å²) in [6.07, 6.45) is 1.40. The number of likely N-dealkylation sites (N-methyl/N-ethyl adjacent to an activating group) is 1. The molecule has 0 spiro atoms. The minimum absolute atomic E-state index is 0.0836. The zero-order valence-corrected chi connectivity index (χ0v) is 20.2. The first kappa shape index (κ1) is 23.4. The molecule has 1 aromatic carbocycles. The highest BCUT2D eigenvalue weighted by atomic mass is 35.5. The highest BCUT2D eigenvalue weighted by Gasteiger charge is 2.28. The van der Waals surface area contributed by atoms with E-state index in [-0.39, 0.29) is 12.2 Å². The van der Waals surface area contributed by atoms with Gasteiger partial charge in [-0.25, -0.2) is 0 Å². The molecule has 3 heterocycles. The maximum Gasteiger partial charge on any atom is 0.250 e. The molecule has 2 N–H and O–H groups in total. The summed E-state index contributed by atoms with van der Waals surface area (Å²) in [6.45, 7) is 8.37. The van der Waals surface area contributed by atoms with Gasteiger partial charge in [-0.05, 0) is 36.7 Å². The van der Waals surface area contributed by atoms with Crippen LogP contribution in [0.5, 0.6) is 0 Å². The molecule has 8 heteroatoms. The lowest BCUT2D eigenvalue weighted by Gasteiger charge is -2.34. The fraction of sp³-hybridized carbons (Fsp3) is 0.500. The summed E-state index contributed by atoms with van der Waals surface area (Å²) in [5, 5.41) is 0.653. The average Bonchev–Trinajstić information content (AvgIpc) is 3.12. The van der Waals surface area contributed by atoms with E-state index in [2.05, 4.69) is 21.7 Å². The normalized spacial score (nSPS) is 17.9. The molecule has 2 aliphatic heterocycles. The van der Waals surface area contributed by atoms with Gasteiger partial charge in [0.05, 0.1) is 5.56 Å². The number of piperazine rings is 1. The lowest BCUT2D eigenvalue weighted by atomic mass is 9.98. The van der Waals surface area contributed by atoms with Crippen molar-refractivity contribution in [3.8, 4) is 0 Å². The first-order chi connectivity index (χ1) is 15.4. The molecule has 2 aliphatic rings. The van der Waals surface area contributed by atoms with E-state index in [0.717, 1.165) is 74.8 Å². The molecule has 32 heavy (non-hydrogen) atoms. The van der Waals surface area contributed by atoms with Crippen LogP contribution in [0.3, 0.4) is 0 Å². The van der Waals surface area contributed by atoms with Gasteiger partial charge < -0.3 is 10.6 Å². The summed E-state index contributed by atoms with van der Waals surface area (Å²) in [5.74, 6) is -0.331. The topological polar surface area (TPSA) is 69.9 Å². The zero-order valence-electron chi connectivity index (χ0n) is 18.6. The summed E-state index contributed by atoms with van der Waals surface area (Å²) in [5.41, 5.74) is 8.33. The maximum atomic E-state index is 12.7. The van der Waals surface area contributed by atoms with E-state index >= 15 is 0 Å². The van der Waals surface area contributed by atoms with Gasteiger partial charge in [0, 0.05) is 80.0 Å². The molecule has 0 saturated carbocycles. The first-order valence-corrected chi connectivity index (χ1v) is 12.4. The number of nitrogens with two attached hydrogens (primary N) is 1. The van der Waals surface area contributed by atoms with Crippen LogP contribution in [0.25, 0.3) is 0 Å². The number of fused-ring (bicyclic) bond motifs is 1. The summed E-state index contributed by atoms with van der Waals surface area (Å²) in [7, 11) is 2.18. The van der Waals surface area contributed by atoms with Crippen LogP contribution >= 0.6 is 22.9 Å². The van der Waals surface area contributed by atoms with E-state index in [1.807, 2.05) is 12.1 Å². The Kier molecular flexibility index (Phi) is 7.63. The van der Waals surface area contributed by atoms with Crippen LogP contribution in [0.1, 0.15) is 31.2 Å². The molecule has 2 aromatic rings. The fourth-order valence-corrected chi connectivity index (χ4v) is 6.10. The second kappa shape index (κ2) is 10.4. The Balaban J connectivity index is 1.39. The molecule has 0 unspecified atom stereocenters. The van der Waals surface area contributed by atoms with Gasteiger partial charge in [-0.3, -0.25) is 19.4 Å². The molecule has 0 bridgehead atoms. The second-order valence-corrected chi connectivity index (χ2v) is 10.5. The van der Waals surface area contributed by atoms with Crippen molar-refractivity contribution in [3.05, 3.63) is 55.7 Å². The monoisotopic (exact) mass is 474 g/mol. The molecule has 0 atom stereocenters. The van der Waals surface area contributed by atoms with Gasteiger partial charge >= 0.3 is 0 Å². The predicted octanol–water partition coefficient (Wildman–Crippen LogP) is 2.46. The largest absolute Gasteiger partial charge is 0.366 e. The Hall–Kier alpha value is -1.77. The molecule has 0 aliphatic carbocycles. The quantitative estimate of drug-likeness (QED) is 0.636. The van der Waals surface area contributed by atoms with E-state index in [1.165, 1.54) is 4.88 Å². The summed E-state index contributed by atoms with van der Waals surface area (Å²) < 4.78 is 0. The summed E-state index contributed by atoms with van der Waals surface area (Å²) >= 11 is 7.52. The number of rotatable bonds is 8. The number of hydrogen-bond acceptors (Lipinski definition) is 6.